The Kier molecular flexibility index (Phi) is 2.26. The van der Waals surface area contributed by atoms with Crippen LogP contribution < -0.4 is 5.73 Å². The molecule has 3 aromatic rings. The van der Waals surface area contributed by atoms with Gasteiger partial charge in [-0.05, 0) is 30.3 Å². The Labute approximate surface area is 101 Å². The van der Waals surface area contributed by atoms with E-state index in [0.717, 1.165) is 20.8 Å². The smallest absolute Gasteiger partial charge is 0.124 e. The number of nitrogens with zero attached hydrogens (tertiary/aromatic N) is 2. The van der Waals surface area contributed by atoms with E-state index in [0.29, 0.717) is 5.82 Å². The number of hydrogen-bond donors (Lipinski definition) is 1. The minimum absolute atomic E-state index is 0.248. The summed E-state index contributed by atoms with van der Waals surface area (Å²) >= 11 is 1.44. The van der Waals surface area contributed by atoms with Crippen LogP contribution in [0.4, 0.5) is 10.2 Å². The van der Waals surface area contributed by atoms with Gasteiger partial charge in [0.15, 0.2) is 0 Å². The molecule has 17 heavy (non-hydrogen) atoms. The van der Waals surface area contributed by atoms with Crippen molar-refractivity contribution >= 4 is 27.4 Å². The van der Waals surface area contributed by atoms with E-state index >= 15 is 0 Å². The maximum absolute atomic E-state index is 13.1. The van der Waals surface area contributed by atoms with E-state index in [1.165, 1.54) is 23.5 Å². The summed E-state index contributed by atoms with van der Waals surface area (Å²) in [5.74, 6) is 0.204. The van der Waals surface area contributed by atoms with Crippen molar-refractivity contribution < 1.29 is 4.39 Å². The van der Waals surface area contributed by atoms with Gasteiger partial charge in [-0.3, -0.25) is 0 Å². The average molecular weight is 245 g/mol. The molecule has 0 bridgehead atoms. The highest BCUT2D eigenvalue weighted by molar-refractivity contribution is 7.21. The van der Waals surface area contributed by atoms with Crippen molar-refractivity contribution in [2.45, 2.75) is 0 Å². The van der Waals surface area contributed by atoms with Crippen LogP contribution in [0.2, 0.25) is 0 Å². The Morgan fingerprint density at radius 2 is 2.06 bits per heavy atom. The highest BCUT2D eigenvalue weighted by atomic mass is 32.1. The van der Waals surface area contributed by atoms with Crippen LogP contribution in [-0.2, 0) is 0 Å². The summed E-state index contributed by atoms with van der Waals surface area (Å²) in [4.78, 5) is 8.36. The van der Waals surface area contributed by atoms with E-state index < -0.39 is 0 Å². The molecule has 2 heterocycles. The van der Waals surface area contributed by atoms with Gasteiger partial charge in [-0.25, -0.2) is 14.4 Å². The lowest BCUT2D eigenvalue weighted by molar-refractivity contribution is 0.630. The first-order chi connectivity index (χ1) is 8.22. The number of aromatic nitrogens is 2. The van der Waals surface area contributed by atoms with Gasteiger partial charge in [0.05, 0.1) is 10.2 Å². The molecule has 2 aromatic heterocycles. The number of anilines is 1. The Morgan fingerprint density at radius 3 is 2.88 bits per heavy atom. The summed E-state index contributed by atoms with van der Waals surface area (Å²) in [6.45, 7) is 0. The number of halogens is 1. The first-order valence-corrected chi connectivity index (χ1v) is 5.82. The minimum Gasteiger partial charge on any atom is -0.384 e. The monoisotopic (exact) mass is 245 g/mol. The lowest BCUT2D eigenvalue weighted by Crippen LogP contribution is -1.88. The number of benzene rings is 1. The molecule has 0 saturated carbocycles. The molecule has 0 aliphatic carbocycles. The number of hydrogen-bond acceptors (Lipinski definition) is 4. The van der Waals surface area contributed by atoms with Crippen molar-refractivity contribution in [3.8, 4) is 10.6 Å². The van der Waals surface area contributed by atoms with E-state index in [1.54, 1.807) is 18.3 Å². The Hall–Kier alpha value is -2.01. The molecule has 0 fully saturated rings. The quantitative estimate of drug-likeness (QED) is 0.716. The van der Waals surface area contributed by atoms with Crippen LogP contribution in [0.3, 0.4) is 0 Å². The van der Waals surface area contributed by atoms with Crippen LogP contribution in [0, 0.1) is 5.82 Å². The van der Waals surface area contributed by atoms with E-state index in [1.807, 2.05) is 6.07 Å². The van der Waals surface area contributed by atoms with Crippen LogP contribution in [0.5, 0.6) is 0 Å². The zero-order chi connectivity index (χ0) is 11.8. The molecule has 0 spiro atoms. The second-order valence-electron chi connectivity index (χ2n) is 3.60. The largest absolute Gasteiger partial charge is 0.384 e. The van der Waals surface area contributed by atoms with Crippen molar-refractivity contribution in [2.75, 3.05) is 5.73 Å². The second-order valence-corrected chi connectivity index (χ2v) is 4.63. The number of thiazole rings is 1. The molecule has 0 amide bonds. The fourth-order valence-electron chi connectivity index (χ4n) is 1.60. The molecule has 0 aliphatic rings. The van der Waals surface area contributed by atoms with Crippen molar-refractivity contribution in [1.29, 1.82) is 0 Å². The first kappa shape index (κ1) is 10.2. The summed E-state index contributed by atoms with van der Waals surface area (Å²) in [7, 11) is 0. The first-order valence-electron chi connectivity index (χ1n) is 5.00. The molecule has 2 N–H and O–H groups in total. The zero-order valence-corrected chi connectivity index (χ0v) is 9.54. The molecule has 1 aromatic carbocycles. The van der Waals surface area contributed by atoms with Crippen molar-refractivity contribution in [2.24, 2.45) is 0 Å². The molecular weight excluding hydrogens is 237 g/mol. The Balaban J connectivity index is 2.18. The molecule has 0 saturated heterocycles. The van der Waals surface area contributed by atoms with E-state index in [2.05, 4.69) is 9.97 Å². The summed E-state index contributed by atoms with van der Waals surface area (Å²) in [6, 6.07) is 8.17. The summed E-state index contributed by atoms with van der Waals surface area (Å²) < 4.78 is 13.9. The van der Waals surface area contributed by atoms with Gasteiger partial charge >= 0.3 is 0 Å². The third-order valence-corrected chi connectivity index (χ3v) is 3.45. The highest BCUT2D eigenvalue weighted by Crippen LogP contribution is 2.30. The van der Waals surface area contributed by atoms with Gasteiger partial charge in [0.25, 0.3) is 0 Å². The zero-order valence-electron chi connectivity index (χ0n) is 8.72. The summed E-state index contributed by atoms with van der Waals surface area (Å²) in [6.07, 6.45) is 1.64. The average Bonchev–Trinajstić information content (AvgIpc) is 2.72. The van der Waals surface area contributed by atoms with Crippen molar-refractivity contribution in [3.05, 3.63) is 42.3 Å². The third-order valence-electron chi connectivity index (χ3n) is 2.38. The minimum atomic E-state index is -0.248. The number of nitrogens with two attached hydrogens (primary N) is 1. The highest BCUT2D eigenvalue weighted by Gasteiger charge is 2.07. The number of rotatable bonds is 1. The summed E-state index contributed by atoms with van der Waals surface area (Å²) in [5.41, 5.74) is 7.32. The van der Waals surface area contributed by atoms with Crippen molar-refractivity contribution in [1.82, 2.24) is 9.97 Å². The van der Waals surface area contributed by atoms with Crippen molar-refractivity contribution in [3.63, 3.8) is 0 Å². The predicted octanol–water partition coefficient (Wildman–Crippen LogP) is 3.08. The molecule has 0 aliphatic heterocycles. The standard InChI is InChI=1S/C12H8FN3S/c13-8-1-2-9-10(6-8)17-12(16-9)7-3-4-15-11(14)5-7/h1-6H,(H2,14,15). The van der Waals surface area contributed by atoms with Gasteiger partial charge < -0.3 is 5.73 Å². The number of nitrogen functional groups attached to an aromatic ring is 1. The predicted molar refractivity (Wildman–Crippen MR) is 67.2 cm³/mol. The van der Waals surface area contributed by atoms with Crippen LogP contribution in [0.25, 0.3) is 20.8 Å². The van der Waals surface area contributed by atoms with Crippen LogP contribution >= 0.6 is 11.3 Å². The van der Waals surface area contributed by atoms with E-state index in [4.69, 9.17) is 5.73 Å². The maximum atomic E-state index is 13.1. The lowest BCUT2D eigenvalue weighted by atomic mass is 10.3. The lowest BCUT2D eigenvalue weighted by Gasteiger charge is -1.95. The topological polar surface area (TPSA) is 51.8 Å². The van der Waals surface area contributed by atoms with E-state index in [9.17, 15) is 4.39 Å². The fraction of sp³-hybridized carbons (Fsp3) is 0. The number of fused-ring (bicyclic) bond motifs is 1. The molecule has 0 unspecified atom stereocenters. The Morgan fingerprint density at radius 1 is 1.18 bits per heavy atom. The van der Waals surface area contributed by atoms with E-state index in [-0.39, 0.29) is 5.82 Å². The Bertz CT molecular complexity index is 693. The maximum Gasteiger partial charge on any atom is 0.124 e. The molecule has 3 nitrogen and oxygen atoms in total. The SMILES string of the molecule is Nc1cc(-c2nc3ccc(F)cc3s2)ccn1. The molecular formula is C12H8FN3S. The van der Waals surface area contributed by atoms with Gasteiger partial charge in [0, 0.05) is 11.8 Å². The van der Waals surface area contributed by atoms with Gasteiger partial charge in [-0.1, -0.05) is 0 Å². The fourth-order valence-corrected chi connectivity index (χ4v) is 2.59. The van der Waals surface area contributed by atoms with Crippen LogP contribution in [0.1, 0.15) is 0 Å². The van der Waals surface area contributed by atoms with Gasteiger partial charge in [0.2, 0.25) is 0 Å². The third kappa shape index (κ3) is 1.85. The normalized spacial score (nSPS) is 10.9. The van der Waals surface area contributed by atoms with Gasteiger partial charge in [-0.2, -0.15) is 0 Å². The molecule has 0 atom stereocenters. The molecule has 3 rings (SSSR count). The van der Waals surface area contributed by atoms with Gasteiger partial charge in [0.1, 0.15) is 16.6 Å². The molecule has 84 valence electrons. The van der Waals surface area contributed by atoms with Crippen LogP contribution in [-0.4, -0.2) is 9.97 Å². The summed E-state index contributed by atoms with van der Waals surface area (Å²) in [5, 5.41) is 0.819. The van der Waals surface area contributed by atoms with Crippen LogP contribution in [0.15, 0.2) is 36.5 Å². The number of pyridine rings is 1. The molecule has 5 heteroatoms. The molecule has 0 radical (unpaired) electrons. The van der Waals surface area contributed by atoms with Gasteiger partial charge in [-0.15, -0.1) is 11.3 Å². The second kappa shape index (κ2) is 3.78.